The van der Waals surface area contributed by atoms with Gasteiger partial charge in [-0.1, -0.05) is 6.42 Å². The number of amides is 1. The summed E-state index contributed by atoms with van der Waals surface area (Å²) in [5.41, 5.74) is 6.03. The molecule has 0 heterocycles. The van der Waals surface area contributed by atoms with Gasteiger partial charge in [0.1, 0.15) is 5.82 Å². The minimum absolute atomic E-state index is 0.0356. The molecule has 0 aliphatic heterocycles. The van der Waals surface area contributed by atoms with Crippen molar-refractivity contribution in [2.75, 3.05) is 11.9 Å². The Morgan fingerprint density at radius 2 is 2.12 bits per heavy atom. The van der Waals surface area contributed by atoms with Gasteiger partial charge in [-0.2, -0.15) is 0 Å². The van der Waals surface area contributed by atoms with E-state index in [9.17, 15) is 9.18 Å². The number of carbonyl (C=O) groups excluding carboxylic acids is 1. The van der Waals surface area contributed by atoms with Crippen LogP contribution in [0.3, 0.4) is 0 Å². The van der Waals surface area contributed by atoms with Gasteiger partial charge in [0.05, 0.1) is 5.69 Å². The van der Waals surface area contributed by atoms with Crippen LogP contribution in [0, 0.1) is 9.39 Å². The molecule has 0 atom stereocenters. The fraction of sp³-hybridized carbons (Fsp3) is 0.417. The lowest BCUT2D eigenvalue weighted by Gasteiger charge is -2.07. The third-order valence-electron chi connectivity index (χ3n) is 2.31. The number of anilines is 1. The lowest BCUT2D eigenvalue weighted by molar-refractivity contribution is -0.116. The highest BCUT2D eigenvalue weighted by Crippen LogP contribution is 2.19. The van der Waals surface area contributed by atoms with E-state index in [4.69, 9.17) is 5.73 Å². The highest BCUT2D eigenvalue weighted by molar-refractivity contribution is 14.1. The highest BCUT2D eigenvalue weighted by Gasteiger charge is 2.05. The van der Waals surface area contributed by atoms with E-state index in [0.717, 1.165) is 19.3 Å². The molecule has 3 nitrogen and oxygen atoms in total. The summed E-state index contributed by atoms with van der Waals surface area (Å²) >= 11 is 2.00. The Morgan fingerprint density at radius 3 is 2.76 bits per heavy atom. The van der Waals surface area contributed by atoms with Gasteiger partial charge in [0.2, 0.25) is 5.91 Å². The number of carbonyl (C=O) groups is 1. The molecule has 0 aliphatic carbocycles. The van der Waals surface area contributed by atoms with Gasteiger partial charge in [0.15, 0.2) is 0 Å². The summed E-state index contributed by atoms with van der Waals surface area (Å²) in [6, 6.07) is 4.31. The van der Waals surface area contributed by atoms with Crippen molar-refractivity contribution in [3.63, 3.8) is 0 Å². The zero-order chi connectivity index (χ0) is 12.7. The molecule has 0 saturated carbocycles. The van der Waals surface area contributed by atoms with Gasteiger partial charge in [0, 0.05) is 9.99 Å². The van der Waals surface area contributed by atoms with Gasteiger partial charge >= 0.3 is 0 Å². The Kier molecular flexibility index (Phi) is 6.43. The van der Waals surface area contributed by atoms with Crippen molar-refractivity contribution in [3.05, 3.63) is 27.6 Å². The second kappa shape index (κ2) is 7.60. The predicted octanol–water partition coefficient (Wildman–Crippen LogP) is 2.89. The van der Waals surface area contributed by atoms with Crippen LogP contribution in [-0.2, 0) is 4.79 Å². The molecular formula is C12H16FIN2O. The molecular weight excluding hydrogens is 334 g/mol. The van der Waals surface area contributed by atoms with Crippen molar-refractivity contribution >= 4 is 34.2 Å². The summed E-state index contributed by atoms with van der Waals surface area (Å²) in [4.78, 5) is 11.6. The Hall–Kier alpha value is -0.690. The molecule has 0 saturated heterocycles. The molecule has 1 aromatic rings. The van der Waals surface area contributed by atoms with Crippen molar-refractivity contribution in [3.8, 4) is 0 Å². The number of hydrogen-bond donors (Lipinski definition) is 2. The second-order valence-electron chi connectivity index (χ2n) is 3.77. The summed E-state index contributed by atoms with van der Waals surface area (Å²) in [5, 5.41) is 2.77. The molecule has 17 heavy (non-hydrogen) atoms. The molecule has 0 fully saturated rings. The van der Waals surface area contributed by atoms with Crippen LogP contribution < -0.4 is 11.1 Å². The molecule has 0 spiro atoms. The topological polar surface area (TPSA) is 55.1 Å². The molecule has 0 radical (unpaired) electrons. The van der Waals surface area contributed by atoms with Crippen molar-refractivity contribution < 1.29 is 9.18 Å². The average molecular weight is 350 g/mol. The normalized spacial score (nSPS) is 10.3. The first kappa shape index (κ1) is 14.4. The number of nitrogens with one attached hydrogen (secondary N) is 1. The van der Waals surface area contributed by atoms with Crippen LogP contribution in [0.5, 0.6) is 0 Å². The summed E-state index contributed by atoms with van der Waals surface area (Å²) in [5.74, 6) is -0.332. The molecule has 0 aliphatic rings. The maximum absolute atomic E-state index is 12.8. The maximum atomic E-state index is 12.8. The number of halogens is 2. The van der Waals surface area contributed by atoms with Gasteiger partial charge in [-0.05, 0) is 60.2 Å². The monoisotopic (exact) mass is 350 g/mol. The number of benzene rings is 1. The Morgan fingerprint density at radius 1 is 1.35 bits per heavy atom. The summed E-state index contributed by atoms with van der Waals surface area (Å²) in [6.45, 7) is 0.664. The van der Waals surface area contributed by atoms with E-state index in [1.807, 2.05) is 22.6 Å². The molecule has 1 aromatic carbocycles. The van der Waals surface area contributed by atoms with Crippen molar-refractivity contribution in [1.29, 1.82) is 0 Å². The van der Waals surface area contributed by atoms with E-state index in [-0.39, 0.29) is 11.7 Å². The number of unbranched alkanes of at least 4 members (excludes halogenated alkanes) is 2. The Balaban J connectivity index is 2.40. The SMILES string of the molecule is NCCCCCC(=O)Nc1ccc(F)cc1I. The van der Waals surface area contributed by atoms with Crippen LogP contribution in [0.1, 0.15) is 25.7 Å². The molecule has 0 unspecified atom stereocenters. The van der Waals surface area contributed by atoms with Crippen LogP contribution in [-0.4, -0.2) is 12.5 Å². The molecule has 1 amide bonds. The standard InChI is InChI=1S/C12H16FIN2O/c13-9-5-6-11(10(14)8-9)16-12(17)4-2-1-3-7-15/h5-6,8H,1-4,7,15H2,(H,16,17). The molecule has 94 valence electrons. The number of nitrogens with two attached hydrogens (primary N) is 1. The second-order valence-corrected chi connectivity index (χ2v) is 4.93. The zero-order valence-electron chi connectivity index (χ0n) is 9.51. The highest BCUT2D eigenvalue weighted by atomic mass is 127. The zero-order valence-corrected chi connectivity index (χ0v) is 11.7. The van der Waals surface area contributed by atoms with Gasteiger partial charge < -0.3 is 11.1 Å². The van der Waals surface area contributed by atoms with Crippen molar-refractivity contribution in [1.82, 2.24) is 0 Å². The van der Waals surface area contributed by atoms with Crippen molar-refractivity contribution in [2.24, 2.45) is 5.73 Å². The fourth-order valence-electron chi connectivity index (χ4n) is 1.41. The first-order valence-electron chi connectivity index (χ1n) is 5.58. The van der Waals surface area contributed by atoms with Gasteiger partial charge in [-0.25, -0.2) is 4.39 Å². The minimum atomic E-state index is -0.296. The average Bonchev–Trinajstić information content (AvgIpc) is 2.28. The number of rotatable bonds is 6. The smallest absolute Gasteiger partial charge is 0.224 e. The minimum Gasteiger partial charge on any atom is -0.330 e. The van der Waals surface area contributed by atoms with E-state index in [2.05, 4.69) is 5.32 Å². The number of hydrogen-bond acceptors (Lipinski definition) is 2. The third-order valence-corrected chi connectivity index (χ3v) is 3.21. The van der Waals surface area contributed by atoms with Gasteiger partial charge in [0.25, 0.3) is 0 Å². The van der Waals surface area contributed by atoms with E-state index >= 15 is 0 Å². The largest absolute Gasteiger partial charge is 0.330 e. The van der Waals surface area contributed by atoms with E-state index in [0.29, 0.717) is 22.2 Å². The first-order chi connectivity index (χ1) is 8.13. The Bertz CT molecular complexity index is 385. The van der Waals surface area contributed by atoms with Gasteiger partial charge in [-0.15, -0.1) is 0 Å². The van der Waals surface area contributed by atoms with E-state index in [1.165, 1.54) is 12.1 Å². The van der Waals surface area contributed by atoms with Crippen molar-refractivity contribution in [2.45, 2.75) is 25.7 Å². The summed E-state index contributed by atoms with van der Waals surface area (Å²) in [6.07, 6.45) is 3.22. The van der Waals surface area contributed by atoms with Gasteiger partial charge in [-0.3, -0.25) is 4.79 Å². The van der Waals surface area contributed by atoms with E-state index in [1.54, 1.807) is 6.07 Å². The molecule has 5 heteroatoms. The molecule has 0 bridgehead atoms. The van der Waals surface area contributed by atoms with Crippen LogP contribution in [0.15, 0.2) is 18.2 Å². The lowest BCUT2D eigenvalue weighted by atomic mass is 10.2. The summed E-state index contributed by atoms with van der Waals surface area (Å²) in [7, 11) is 0. The molecule has 0 aromatic heterocycles. The lowest BCUT2D eigenvalue weighted by Crippen LogP contribution is -2.12. The maximum Gasteiger partial charge on any atom is 0.224 e. The summed E-state index contributed by atoms with van der Waals surface area (Å²) < 4.78 is 13.5. The molecule has 1 rings (SSSR count). The Labute approximate surface area is 114 Å². The van der Waals surface area contributed by atoms with Crippen LogP contribution >= 0.6 is 22.6 Å². The quantitative estimate of drug-likeness (QED) is 0.612. The van der Waals surface area contributed by atoms with E-state index < -0.39 is 0 Å². The predicted molar refractivity (Wildman–Crippen MR) is 75.3 cm³/mol. The van der Waals surface area contributed by atoms with Crippen LogP contribution in [0.2, 0.25) is 0 Å². The molecule has 3 N–H and O–H groups in total. The third kappa shape index (κ3) is 5.45. The fourth-order valence-corrected chi connectivity index (χ4v) is 2.02. The first-order valence-corrected chi connectivity index (χ1v) is 6.66. The van der Waals surface area contributed by atoms with Crippen LogP contribution in [0.25, 0.3) is 0 Å². The van der Waals surface area contributed by atoms with Crippen LogP contribution in [0.4, 0.5) is 10.1 Å².